The fourth-order valence-corrected chi connectivity index (χ4v) is 2.50. The molecular formula is C22H16F2O4. The molecule has 0 bridgehead atoms. The molecule has 0 saturated carbocycles. The Labute approximate surface area is 160 Å². The summed E-state index contributed by atoms with van der Waals surface area (Å²) in [4.78, 5) is 24.5. The molecule has 0 atom stereocenters. The predicted octanol–water partition coefficient (Wildman–Crippen LogP) is 4.97. The van der Waals surface area contributed by atoms with Gasteiger partial charge in [0.25, 0.3) is 0 Å². The molecule has 0 aliphatic rings. The molecule has 0 aliphatic carbocycles. The number of benzene rings is 3. The SMILES string of the molecule is CCc1ccc(C(=O)Oc2ccccc2OC(=O)c2c(F)cccc2F)cc1. The summed E-state index contributed by atoms with van der Waals surface area (Å²) < 4.78 is 37.9. The zero-order chi connectivity index (χ0) is 20.1. The Hall–Kier alpha value is -3.54. The Morgan fingerprint density at radius 2 is 1.29 bits per heavy atom. The molecule has 0 N–H and O–H groups in total. The average Bonchev–Trinajstić information content (AvgIpc) is 2.69. The summed E-state index contributed by atoms with van der Waals surface area (Å²) in [5.41, 5.74) is 0.565. The van der Waals surface area contributed by atoms with Crippen molar-refractivity contribution in [3.63, 3.8) is 0 Å². The van der Waals surface area contributed by atoms with Gasteiger partial charge in [-0.25, -0.2) is 18.4 Å². The van der Waals surface area contributed by atoms with Crippen LogP contribution in [0, 0.1) is 11.6 Å². The first kappa shape index (κ1) is 19.2. The Bertz CT molecular complexity index is 993. The number of aryl methyl sites for hydroxylation is 1. The smallest absolute Gasteiger partial charge is 0.349 e. The molecule has 28 heavy (non-hydrogen) atoms. The maximum absolute atomic E-state index is 13.8. The summed E-state index contributed by atoms with van der Waals surface area (Å²) in [6, 6.07) is 15.8. The molecule has 0 spiro atoms. The van der Waals surface area contributed by atoms with Gasteiger partial charge in [0.2, 0.25) is 0 Å². The number of carbonyl (C=O) groups excluding carboxylic acids is 2. The molecule has 0 radical (unpaired) electrons. The van der Waals surface area contributed by atoms with E-state index in [0.29, 0.717) is 5.56 Å². The molecule has 0 fully saturated rings. The average molecular weight is 382 g/mol. The van der Waals surface area contributed by atoms with Gasteiger partial charge in [0.15, 0.2) is 11.5 Å². The van der Waals surface area contributed by atoms with Crippen molar-refractivity contribution in [2.45, 2.75) is 13.3 Å². The molecule has 0 unspecified atom stereocenters. The van der Waals surface area contributed by atoms with Crippen LogP contribution in [0.1, 0.15) is 33.2 Å². The molecule has 142 valence electrons. The van der Waals surface area contributed by atoms with E-state index in [2.05, 4.69) is 0 Å². The van der Waals surface area contributed by atoms with Gasteiger partial charge >= 0.3 is 11.9 Å². The Kier molecular flexibility index (Phi) is 5.79. The molecule has 3 rings (SSSR count). The molecule has 6 heteroatoms. The van der Waals surface area contributed by atoms with E-state index >= 15 is 0 Å². The minimum atomic E-state index is -1.23. The summed E-state index contributed by atoms with van der Waals surface area (Å²) >= 11 is 0. The summed E-state index contributed by atoms with van der Waals surface area (Å²) in [6.45, 7) is 2.00. The third kappa shape index (κ3) is 4.23. The molecule has 3 aromatic rings. The van der Waals surface area contributed by atoms with Gasteiger partial charge in [0, 0.05) is 0 Å². The van der Waals surface area contributed by atoms with Crippen molar-refractivity contribution in [3.05, 3.63) is 95.1 Å². The van der Waals surface area contributed by atoms with Gasteiger partial charge < -0.3 is 9.47 Å². The van der Waals surface area contributed by atoms with Gasteiger partial charge in [-0.3, -0.25) is 0 Å². The maximum Gasteiger partial charge on any atom is 0.349 e. The van der Waals surface area contributed by atoms with Crippen molar-refractivity contribution < 1.29 is 27.8 Å². The van der Waals surface area contributed by atoms with Crippen molar-refractivity contribution in [1.82, 2.24) is 0 Å². The van der Waals surface area contributed by atoms with E-state index in [9.17, 15) is 18.4 Å². The minimum absolute atomic E-state index is 0.0443. The number of hydrogen-bond acceptors (Lipinski definition) is 4. The lowest BCUT2D eigenvalue weighted by atomic mass is 10.1. The fourth-order valence-electron chi connectivity index (χ4n) is 2.50. The number of carbonyl (C=O) groups is 2. The lowest BCUT2D eigenvalue weighted by Crippen LogP contribution is -2.15. The van der Waals surface area contributed by atoms with Gasteiger partial charge in [0.1, 0.15) is 17.2 Å². The predicted molar refractivity (Wildman–Crippen MR) is 98.5 cm³/mol. The molecule has 4 nitrogen and oxygen atoms in total. The van der Waals surface area contributed by atoms with Crippen molar-refractivity contribution >= 4 is 11.9 Å². The van der Waals surface area contributed by atoms with Crippen molar-refractivity contribution in [2.75, 3.05) is 0 Å². The van der Waals surface area contributed by atoms with Crippen LogP contribution in [-0.2, 0) is 6.42 Å². The van der Waals surface area contributed by atoms with Gasteiger partial charge in [-0.15, -0.1) is 0 Å². The Balaban J connectivity index is 1.81. The molecule has 0 amide bonds. The summed E-state index contributed by atoms with van der Waals surface area (Å²) in [7, 11) is 0. The number of para-hydroxylation sites is 2. The molecular weight excluding hydrogens is 366 g/mol. The van der Waals surface area contributed by atoms with E-state index in [1.165, 1.54) is 18.2 Å². The maximum atomic E-state index is 13.8. The lowest BCUT2D eigenvalue weighted by Gasteiger charge is -2.11. The highest BCUT2D eigenvalue weighted by molar-refractivity contribution is 5.93. The molecule has 0 saturated heterocycles. The van der Waals surface area contributed by atoms with E-state index in [1.54, 1.807) is 18.2 Å². The van der Waals surface area contributed by atoms with Crippen molar-refractivity contribution in [1.29, 1.82) is 0 Å². The Morgan fingerprint density at radius 1 is 0.750 bits per heavy atom. The van der Waals surface area contributed by atoms with Gasteiger partial charge in [-0.1, -0.05) is 37.3 Å². The summed E-state index contributed by atoms with van der Waals surface area (Å²) in [5.74, 6) is -4.15. The Morgan fingerprint density at radius 3 is 1.82 bits per heavy atom. The van der Waals surface area contributed by atoms with Crippen LogP contribution < -0.4 is 9.47 Å². The highest BCUT2D eigenvalue weighted by Gasteiger charge is 2.21. The van der Waals surface area contributed by atoms with Crippen LogP contribution in [0.15, 0.2) is 66.7 Å². The summed E-state index contributed by atoms with van der Waals surface area (Å²) in [5, 5.41) is 0. The monoisotopic (exact) mass is 382 g/mol. The van der Waals surface area contributed by atoms with Crippen molar-refractivity contribution in [2.24, 2.45) is 0 Å². The first-order valence-corrected chi connectivity index (χ1v) is 8.56. The van der Waals surface area contributed by atoms with Crippen LogP contribution in [-0.4, -0.2) is 11.9 Å². The van der Waals surface area contributed by atoms with Gasteiger partial charge in [0.05, 0.1) is 5.56 Å². The zero-order valence-electron chi connectivity index (χ0n) is 14.9. The standard InChI is InChI=1S/C22H16F2O4/c1-2-14-10-12-15(13-11-14)21(25)27-18-8-3-4-9-19(18)28-22(26)20-16(23)6-5-7-17(20)24/h3-13H,2H2,1H3. The summed E-state index contributed by atoms with van der Waals surface area (Å²) in [6.07, 6.45) is 0.834. The first-order chi connectivity index (χ1) is 13.5. The first-order valence-electron chi connectivity index (χ1n) is 8.56. The van der Waals surface area contributed by atoms with E-state index in [-0.39, 0.29) is 11.5 Å². The topological polar surface area (TPSA) is 52.6 Å². The normalized spacial score (nSPS) is 10.4. The van der Waals surface area contributed by atoms with Crippen LogP contribution in [0.5, 0.6) is 11.5 Å². The van der Waals surface area contributed by atoms with Crippen LogP contribution in [0.3, 0.4) is 0 Å². The highest BCUT2D eigenvalue weighted by Crippen LogP contribution is 2.29. The second-order valence-electron chi connectivity index (χ2n) is 5.87. The second-order valence-corrected chi connectivity index (χ2v) is 5.87. The van der Waals surface area contributed by atoms with Crippen LogP contribution in [0.2, 0.25) is 0 Å². The molecule has 0 aromatic heterocycles. The van der Waals surface area contributed by atoms with Crippen LogP contribution in [0.4, 0.5) is 8.78 Å². The van der Waals surface area contributed by atoms with Gasteiger partial charge in [-0.05, 0) is 48.4 Å². The van der Waals surface area contributed by atoms with E-state index < -0.39 is 29.1 Å². The number of ether oxygens (including phenoxy) is 2. The number of rotatable bonds is 5. The van der Waals surface area contributed by atoms with Crippen molar-refractivity contribution in [3.8, 4) is 11.5 Å². The quantitative estimate of drug-likeness (QED) is 0.462. The minimum Gasteiger partial charge on any atom is -0.419 e. The second kappa shape index (κ2) is 8.43. The largest absolute Gasteiger partial charge is 0.419 e. The number of halogens is 2. The van der Waals surface area contributed by atoms with Crippen LogP contribution >= 0.6 is 0 Å². The van der Waals surface area contributed by atoms with Gasteiger partial charge in [-0.2, -0.15) is 0 Å². The highest BCUT2D eigenvalue weighted by atomic mass is 19.1. The third-order valence-electron chi connectivity index (χ3n) is 4.02. The third-order valence-corrected chi connectivity index (χ3v) is 4.02. The fraction of sp³-hybridized carbons (Fsp3) is 0.0909. The molecule has 0 heterocycles. The zero-order valence-corrected chi connectivity index (χ0v) is 14.9. The molecule has 3 aromatic carbocycles. The van der Waals surface area contributed by atoms with E-state index in [4.69, 9.17) is 9.47 Å². The van der Waals surface area contributed by atoms with E-state index in [1.807, 2.05) is 19.1 Å². The van der Waals surface area contributed by atoms with Crippen LogP contribution in [0.25, 0.3) is 0 Å². The van der Waals surface area contributed by atoms with E-state index in [0.717, 1.165) is 30.2 Å². The number of esters is 2. The lowest BCUT2D eigenvalue weighted by molar-refractivity contribution is 0.0676. The molecule has 0 aliphatic heterocycles. The number of hydrogen-bond donors (Lipinski definition) is 0.